The summed E-state index contributed by atoms with van der Waals surface area (Å²) in [6.45, 7) is 0.680. The van der Waals surface area contributed by atoms with E-state index < -0.39 is 6.03 Å². The van der Waals surface area contributed by atoms with E-state index in [1.165, 1.54) is 0 Å². The van der Waals surface area contributed by atoms with Crippen molar-refractivity contribution >= 4 is 11.9 Å². The molecular weight excluding hydrogens is 322 g/mol. The molecule has 2 aromatic rings. The minimum absolute atomic E-state index is 0.0405. The molecule has 0 spiro atoms. The van der Waals surface area contributed by atoms with Crippen LogP contribution in [0.5, 0.6) is 0 Å². The molecule has 2 N–H and O–H groups in total. The number of furan rings is 2. The molecule has 0 aliphatic heterocycles. The predicted octanol–water partition coefficient (Wildman–Crippen LogP) is 2.64. The fourth-order valence-corrected chi connectivity index (χ4v) is 3.11. The monoisotopic (exact) mass is 345 g/mol. The van der Waals surface area contributed by atoms with Crippen LogP contribution >= 0.6 is 0 Å². The molecule has 7 heteroatoms. The van der Waals surface area contributed by atoms with Crippen molar-refractivity contribution in [3.05, 3.63) is 48.3 Å². The minimum atomic E-state index is -0.394. The van der Waals surface area contributed by atoms with Crippen LogP contribution in [0.3, 0.4) is 0 Å². The van der Waals surface area contributed by atoms with Crippen LogP contribution in [0.2, 0.25) is 0 Å². The Morgan fingerprint density at radius 1 is 1.04 bits per heavy atom. The number of urea groups is 1. The van der Waals surface area contributed by atoms with Gasteiger partial charge in [0.25, 0.3) is 0 Å². The lowest BCUT2D eigenvalue weighted by Crippen LogP contribution is -2.46. The highest BCUT2D eigenvalue weighted by atomic mass is 16.3. The number of hydrogen-bond donors (Lipinski definition) is 2. The van der Waals surface area contributed by atoms with Crippen molar-refractivity contribution in [2.24, 2.45) is 0 Å². The summed E-state index contributed by atoms with van der Waals surface area (Å²) in [5.74, 6) is 1.31. The maximum Gasteiger partial charge on any atom is 0.315 e. The third kappa shape index (κ3) is 4.89. The van der Waals surface area contributed by atoms with Crippen LogP contribution in [-0.2, 0) is 17.9 Å². The van der Waals surface area contributed by atoms with Crippen molar-refractivity contribution in [2.75, 3.05) is 6.54 Å². The first-order chi connectivity index (χ1) is 12.2. The maximum atomic E-state index is 12.6. The molecular formula is C18H23N3O4. The molecule has 3 rings (SSSR count). The average molecular weight is 345 g/mol. The third-order valence-electron chi connectivity index (χ3n) is 4.40. The SMILES string of the molecule is O=C(NCC(=O)N(Cc1ccco1)C1CCCC1)NCc1ccco1. The highest BCUT2D eigenvalue weighted by molar-refractivity contribution is 5.84. The van der Waals surface area contributed by atoms with Crippen LogP contribution in [0.1, 0.15) is 37.2 Å². The number of nitrogens with one attached hydrogen (secondary N) is 2. The highest BCUT2D eigenvalue weighted by Crippen LogP contribution is 2.25. The van der Waals surface area contributed by atoms with E-state index in [0.717, 1.165) is 31.4 Å². The van der Waals surface area contributed by atoms with E-state index in [2.05, 4.69) is 10.6 Å². The Balaban J connectivity index is 1.49. The van der Waals surface area contributed by atoms with Crippen molar-refractivity contribution in [1.82, 2.24) is 15.5 Å². The van der Waals surface area contributed by atoms with E-state index in [9.17, 15) is 9.59 Å². The molecule has 0 unspecified atom stereocenters. The second-order valence-electron chi connectivity index (χ2n) is 6.15. The molecule has 134 valence electrons. The minimum Gasteiger partial charge on any atom is -0.467 e. The van der Waals surface area contributed by atoms with Crippen LogP contribution in [0, 0.1) is 0 Å². The number of nitrogens with zero attached hydrogens (tertiary/aromatic N) is 1. The Kier molecular flexibility index (Phi) is 5.77. The third-order valence-corrected chi connectivity index (χ3v) is 4.40. The van der Waals surface area contributed by atoms with Gasteiger partial charge in [-0.1, -0.05) is 12.8 Å². The lowest BCUT2D eigenvalue weighted by atomic mass is 10.2. The Hall–Kier alpha value is -2.70. The van der Waals surface area contributed by atoms with Crippen molar-refractivity contribution in [3.63, 3.8) is 0 Å². The standard InChI is InChI=1S/C18H23N3O4/c22-17(12-20-18(23)19-11-15-7-3-9-24-15)21(14-5-1-2-6-14)13-16-8-4-10-25-16/h3-4,7-10,14H,1-2,5-6,11-13H2,(H2,19,20,23). The van der Waals surface area contributed by atoms with E-state index in [1.54, 1.807) is 24.7 Å². The first-order valence-corrected chi connectivity index (χ1v) is 8.58. The Morgan fingerprint density at radius 3 is 2.36 bits per heavy atom. The van der Waals surface area contributed by atoms with Gasteiger partial charge in [0.05, 0.1) is 32.2 Å². The van der Waals surface area contributed by atoms with E-state index in [4.69, 9.17) is 8.83 Å². The van der Waals surface area contributed by atoms with Gasteiger partial charge < -0.3 is 24.4 Å². The highest BCUT2D eigenvalue weighted by Gasteiger charge is 2.27. The number of amides is 3. The van der Waals surface area contributed by atoms with Gasteiger partial charge in [0.2, 0.25) is 5.91 Å². The number of rotatable bonds is 7. The second kappa shape index (κ2) is 8.41. The van der Waals surface area contributed by atoms with Crippen LogP contribution in [0.4, 0.5) is 4.79 Å². The summed E-state index contributed by atoms with van der Waals surface area (Å²) in [5.41, 5.74) is 0. The molecule has 1 aliphatic rings. The van der Waals surface area contributed by atoms with Gasteiger partial charge in [-0.05, 0) is 37.1 Å². The van der Waals surface area contributed by atoms with Gasteiger partial charge in [0.15, 0.2) is 0 Å². The molecule has 7 nitrogen and oxygen atoms in total. The van der Waals surface area contributed by atoms with Gasteiger partial charge >= 0.3 is 6.03 Å². The van der Waals surface area contributed by atoms with E-state index in [1.807, 2.05) is 17.0 Å². The molecule has 2 aromatic heterocycles. The van der Waals surface area contributed by atoms with Gasteiger partial charge in [-0.3, -0.25) is 4.79 Å². The lowest BCUT2D eigenvalue weighted by Gasteiger charge is -2.28. The van der Waals surface area contributed by atoms with Gasteiger partial charge in [0, 0.05) is 6.04 Å². The predicted molar refractivity (Wildman–Crippen MR) is 90.5 cm³/mol. The largest absolute Gasteiger partial charge is 0.467 e. The fourth-order valence-electron chi connectivity index (χ4n) is 3.11. The van der Waals surface area contributed by atoms with Crippen LogP contribution in [0.15, 0.2) is 45.6 Å². The summed E-state index contributed by atoms with van der Waals surface area (Å²) in [5, 5.41) is 5.28. The topological polar surface area (TPSA) is 87.7 Å². The molecule has 0 saturated heterocycles. The van der Waals surface area contributed by atoms with E-state index in [-0.39, 0.29) is 25.0 Å². The second-order valence-corrected chi connectivity index (χ2v) is 6.15. The molecule has 25 heavy (non-hydrogen) atoms. The Morgan fingerprint density at radius 2 is 1.72 bits per heavy atom. The molecule has 1 saturated carbocycles. The van der Waals surface area contributed by atoms with Gasteiger partial charge in [-0.2, -0.15) is 0 Å². The first-order valence-electron chi connectivity index (χ1n) is 8.58. The molecule has 0 radical (unpaired) electrons. The molecule has 1 fully saturated rings. The zero-order valence-electron chi connectivity index (χ0n) is 14.1. The lowest BCUT2D eigenvalue weighted by molar-refractivity contribution is -0.133. The summed E-state index contributed by atoms with van der Waals surface area (Å²) >= 11 is 0. The molecule has 3 amide bonds. The zero-order valence-corrected chi connectivity index (χ0v) is 14.1. The van der Waals surface area contributed by atoms with Crippen LogP contribution < -0.4 is 10.6 Å². The van der Waals surface area contributed by atoms with Crippen LogP contribution in [0.25, 0.3) is 0 Å². The van der Waals surface area contributed by atoms with Crippen LogP contribution in [-0.4, -0.2) is 29.4 Å². The fraction of sp³-hybridized carbons (Fsp3) is 0.444. The first kappa shape index (κ1) is 17.1. The normalized spacial score (nSPS) is 14.4. The average Bonchev–Trinajstić information content (AvgIpc) is 3.38. The van der Waals surface area contributed by atoms with E-state index in [0.29, 0.717) is 12.3 Å². The van der Waals surface area contributed by atoms with E-state index >= 15 is 0 Å². The number of carbonyl (C=O) groups is 2. The summed E-state index contributed by atoms with van der Waals surface area (Å²) in [7, 11) is 0. The Bertz CT molecular complexity index is 661. The smallest absolute Gasteiger partial charge is 0.315 e. The molecule has 2 heterocycles. The Labute approximate surface area is 146 Å². The summed E-state index contributed by atoms with van der Waals surface area (Å²) in [6, 6.07) is 7.02. The molecule has 0 atom stereocenters. The van der Waals surface area contributed by atoms with Gasteiger partial charge in [-0.15, -0.1) is 0 Å². The van der Waals surface area contributed by atoms with Crippen molar-refractivity contribution in [1.29, 1.82) is 0 Å². The maximum absolute atomic E-state index is 12.6. The summed E-state index contributed by atoms with van der Waals surface area (Å²) in [4.78, 5) is 26.3. The van der Waals surface area contributed by atoms with Gasteiger partial charge in [0.1, 0.15) is 11.5 Å². The van der Waals surface area contributed by atoms with Crippen molar-refractivity contribution < 1.29 is 18.4 Å². The van der Waals surface area contributed by atoms with Crippen molar-refractivity contribution in [2.45, 2.75) is 44.8 Å². The summed E-state index contributed by atoms with van der Waals surface area (Å²) < 4.78 is 10.5. The summed E-state index contributed by atoms with van der Waals surface area (Å²) in [6.07, 6.45) is 7.40. The number of hydrogen-bond acceptors (Lipinski definition) is 4. The molecule has 0 aromatic carbocycles. The van der Waals surface area contributed by atoms with Crippen molar-refractivity contribution in [3.8, 4) is 0 Å². The molecule has 1 aliphatic carbocycles. The number of carbonyl (C=O) groups excluding carboxylic acids is 2. The quantitative estimate of drug-likeness (QED) is 0.807. The zero-order chi connectivity index (χ0) is 17.5. The van der Waals surface area contributed by atoms with Gasteiger partial charge in [-0.25, -0.2) is 4.79 Å². The molecule has 0 bridgehead atoms.